The minimum absolute atomic E-state index is 0.0122. The molecule has 0 unspecified atom stereocenters. The van der Waals surface area contributed by atoms with Gasteiger partial charge in [0.05, 0.1) is 15.1 Å². The second-order valence-electron chi connectivity index (χ2n) is 5.14. The number of benzene rings is 1. The predicted molar refractivity (Wildman–Crippen MR) is 99.0 cm³/mol. The molecule has 0 amide bonds. The van der Waals surface area contributed by atoms with E-state index in [1.807, 2.05) is 20.1 Å². The van der Waals surface area contributed by atoms with Crippen molar-refractivity contribution in [2.75, 3.05) is 11.0 Å². The number of anilines is 1. The summed E-state index contributed by atoms with van der Waals surface area (Å²) in [5.74, 6) is 0. The second-order valence-corrected chi connectivity index (χ2v) is 9.85. The van der Waals surface area contributed by atoms with Gasteiger partial charge in [-0.1, -0.05) is 34.4 Å². The van der Waals surface area contributed by atoms with E-state index in [1.165, 1.54) is 35.2 Å². The number of hydrogen-bond acceptors (Lipinski definition) is 8. The van der Waals surface area contributed by atoms with Gasteiger partial charge in [-0.25, -0.2) is 8.42 Å². The van der Waals surface area contributed by atoms with Gasteiger partial charge in [0.15, 0.2) is 4.34 Å². The van der Waals surface area contributed by atoms with E-state index in [0.717, 1.165) is 16.9 Å². The van der Waals surface area contributed by atoms with Crippen molar-refractivity contribution in [2.24, 2.45) is 0 Å². The van der Waals surface area contributed by atoms with Gasteiger partial charge in [0.2, 0.25) is 5.13 Å². The molecule has 2 aromatic heterocycles. The molecule has 2 heterocycles. The number of rotatable bonds is 5. The molecule has 1 aromatic carbocycles. The molecule has 7 nitrogen and oxygen atoms in total. The molecule has 0 atom stereocenters. The van der Waals surface area contributed by atoms with E-state index >= 15 is 0 Å². The third-order valence-electron chi connectivity index (χ3n) is 3.21. The van der Waals surface area contributed by atoms with Gasteiger partial charge in [-0.15, -0.1) is 10.2 Å². The van der Waals surface area contributed by atoms with Crippen molar-refractivity contribution in [2.45, 2.75) is 29.1 Å². The number of thioether (sulfide) groups is 1. The average molecular weight is 403 g/mol. The third-order valence-corrected chi connectivity index (χ3v) is 7.41. The van der Waals surface area contributed by atoms with Gasteiger partial charge >= 0.3 is 4.87 Å². The number of nitrogens with one attached hydrogen (secondary N) is 1. The minimum Gasteiger partial charge on any atom is -0.296 e. The van der Waals surface area contributed by atoms with Crippen molar-refractivity contribution in [1.29, 1.82) is 0 Å². The number of fused-ring (bicyclic) bond motifs is 1. The summed E-state index contributed by atoms with van der Waals surface area (Å²) in [6.45, 7) is 3.83. The first-order valence-electron chi connectivity index (χ1n) is 6.87. The van der Waals surface area contributed by atoms with Crippen molar-refractivity contribution in [3.8, 4) is 0 Å². The molecule has 0 saturated carbocycles. The Kier molecular flexibility index (Phi) is 4.69. The highest BCUT2D eigenvalue weighted by Gasteiger charge is 2.19. The van der Waals surface area contributed by atoms with Gasteiger partial charge in [-0.05, 0) is 38.3 Å². The predicted octanol–water partition coefficient (Wildman–Crippen LogP) is 3.02. The summed E-state index contributed by atoms with van der Waals surface area (Å²) >= 11 is 3.60. The number of hydrogen-bond donors (Lipinski definition) is 1. The van der Waals surface area contributed by atoms with Gasteiger partial charge in [-0.3, -0.25) is 14.1 Å². The molecule has 0 aliphatic carbocycles. The Balaban J connectivity index is 2.00. The highest BCUT2D eigenvalue weighted by Crippen LogP contribution is 2.27. The molecule has 11 heteroatoms. The van der Waals surface area contributed by atoms with Crippen LogP contribution in [0, 0.1) is 0 Å². The van der Waals surface area contributed by atoms with Crippen LogP contribution in [0.3, 0.4) is 0 Å². The van der Waals surface area contributed by atoms with Gasteiger partial charge in [0, 0.05) is 6.04 Å². The van der Waals surface area contributed by atoms with Crippen molar-refractivity contribution in [3.05, 3.63) is 27.9 Å². The molecule has 0 aliphatic rings. The molecule has 128 valence electrons. The topological polar surface area (TPSA) is 94.0 Å². The first-order valence-corrected chi connectivity index (χ1v) is 11.2. The van der Waals surface area contributed by atoms with E-state index in [-0.39, 0.29) is 20.9 Å². The molecule has 3 rings (SSSR count). The Morgan fingerprint density at radius 2 is 2.00 bits per heavy atom. The fraction of sp³-hybridized carbons (Fsp3) is 0.308. The summed E-state index contributed by atoms with van der Waals surface area (Å²) in [4.78, 5) is 12.1. The lowest BCUT2D eigenvalue weighted by Crippen LogP contribution is -2.15. The Labute approximate surface area is 150 Å². The smallest absolute Gasteiger partial charge is 0.296 e. The Morgan fingerprint density at radius 3 is 2.62 bits per heavy atom. The normalized spacial score (nSPS) is 12.2. The molecule has 0 saturated heterocycles. The number of aromatic nitrogens is 3. The van der Waals surface area contributed by atoms with E-state index in [1.54, 1.807) is 10.6 Å². The van der Waals surface area contributed by atoms with Gasteiger partial charge < -0.3 is 0 Å². The van der Waals surface area contributed by atoms with E-state index in [9.17, 15) is 13.2 Å². The molecule has 0 fully saturated rings. The first-order chi connectivity index (χ1) is 11.3. The number of nitrogens with zero attached hydrogens (tertiary/aromatic N) is 3. The van der Waals surface area contributed by atoms with Crippen molar-refractivity contribution in [1.82, 2.24) is 14.8 Å². The van der Waals surface area contributed by atoms with E-state index in [0.29, 0.717) is 9.04 Å². The molecule has 0 aliphatic heterocycles. The molecule has 0 radical (unpaired) electrons. The minimum atomic E-state index is -3.78. The highest BCUT2D eigenvalue weighted by atomic mass is 32.2. The first kappa shape index (κ1) is 17.4. The van der Waals surface area contributed by atoms with Crippen molar-refractivity contribution < 1.29 is 8.42 Å². The molecular formula is C13H14N4O3S4. The molecule has 0 bridgehead atoms. The molecule has 0 spiro atoms. The van der Waals surface area contributed by atoms with Crippen LogP contribution in [0.25, 0.3) is 10.2 Å². The van der Waals surface area contributed by atoms with Crippen LogP contribution >= 0.6 is 34.4 Å². The van der Waals surface area contributed by atoms with Crippen LogP contribution in [-0.4, -0.2) is 29.4 Å². The third kappa shape index (κ3) is 3.21. The zero-order valence-electron chi connectivity index (χ0n) is 13.0. The fourth-order valence-corrected chi connectivity index (χ4v) is 5.73. The van der Waals surface area contributed by atoms with Crippen LogP contribution in [0.4, 0.5) is 5.13 Å². The van der Waals surface area contributed by atoms with Crippen LogP contribution in [0.2, 0.25) is 0 Å². The molecular weight excluding hydrogens is 388 g/mol. The van der Waals surface area contributed by atoms with Crippen LogP contribution < -0.4 is 9.60 Å². The summed E-state index contributed by atoms with van der Waals surface area (Å²) in [5.41, 5.74) is 0.736. The van der Waals surface area contributed by atoms with Crippen LogP contribution in [0.1, 0.15) is 19.9 Å². The Bertz CT molecular complexity index is 1050. The average Bonchev–Trinajstić information content (AvgIpc) is 3.08. The Hall–Kier alpha value is -1.43. The zero-order chi connectivity index (χ0) is 17.5. The molecule has 1 N–H and O–H groups in total. The van der Waals surface area contributed by atoms with Gasteiger partial charge in [-0.2, -0.15) is 0 Å². The fourth-order valence-electron chi connectivity index (χ4n) is 2.18. The largest absolute Gasteiger partial charge is 0.308 e. The van der Waals surface area contributed by atoms with E-state index in [2.05, 4.69) is 14.9 Å². The lowest BCUT2D eigenvalue weighted by Gasteiger charge is -2.08. The summed E-state index contributed by atoms with van der Waals surface area (Å²) in [5, 5.41) is 7.88. The maximum atomic E-state index is 12.5. The van der Waals surface area contributed by atoms with Crippen LogP contribution in [0.15, 0.2) is 32.2 Å². The number of thiazole rings is 1. The van der Waals surface area contributed by atoms with E-state index < -0.39 is 10.0 Å². The standard InChI is InChI=1S/C13H14N4O3S4/c1-7(2)17-9-5-4-8(6-10(9)22-13(17)18)24(19,20)16-11-14-15-12(21-3)23-11/h4-7H,1-3H3,(H,14,16). The summed E-state index contributed by atoms with van der Waals surface area (Å²) in [6.07, 6.45) is 1.84. The maximum Gasteiger partial charge on any atom is 0.308 e. The maximum absolute atomic E-state index is 12.5. The van der Waals surface area contributed by atoms with Crippen molar-refractivity contribution in [3.63, 3.8) is 0 Å². The molecule has 3 aromatic rings. The quantitative estimate of drug-likeness (QED) is 0.659. The lowest BCUT2D eigenvalue weighted by atomic mass is 10.3. The monoisotopic (exact) mass is 402 g/mol. The lowest BCUT2D eigenvalue weighted by molar-refractivity contribution is 0.601. The summed E-state index contributed by atoms with van der Waals surface area (Å²) in [6, 6.07) is 4.68. The summed E-state index contributed by atoms with van der Waals surface area (Å²) < 4.78 is 30.4. The zero-order valence-corrected chi connectivity index (χ0v) is 16.3. The SMILES string of the molecule is CSc1nnc(NS(=O)(=O)c2ccc3c(c2)sc(=O)n3C(C)C)s1. The van der Waals surface area contributed by atoms with Crippen molar-refractivity contribution >= 4 is 59.8 Å². The molecule has 24 heavy (non-hydrogen) atoms. The highest BCUT2D eigenvalue weighted by molar-refractivity contribution is 8.00. The number of sulfonamides is 1. The van der Waals surface area contributed by atoms with E-state index in [4.69, 9.17) is 0 Å². The second kappa shape index (κ2) is 6.47. The van der Waals surface area contributed by atoms with Gasteiger partial charge in [0.25, 0.3) is 10.0 Å². The van der Waals surface area contributed by atoms with Crippen LogP contribution in [-0.2, 0) is 10.0 Å². The Morgan fingerprint density at radius 1 is 1.25 bits per heavy atom. The van der Waals surface area contributed by atoms with Gasteiger partial charge in [0.1, 0.15) is 0 Å². The van der Waals surface area contributed by atoms with Crippen LogP contribution in [0.5, 0.6) is 0 Å². The summed E-state index contributed by atoms with van der Waals surface area (Å²) in [7, 11) is -3.78.